The zero-order valence-electron chi connectivity index (χ0n) is 20.2. The van der Waals surface area contributed by atoms with Gasteiger partial charge in [0.15, 0.2) is 0 Å². The van der Waals surface area contributed by atoms with Gasteiger partial charge in [0.25, 0.3) is 0 Å². The molecular formula is C29H29FN4O2. The number of ether oxygens (including phenoxy) is 1. The highest BCUT2D eigenvalue weighted by Crippen LogP contribution is 2.31. The summed E-state index contributed by atoms with van der Waals surface area (Å²) in [6.07, 6.45) is 0. The van der Waals surface area contributed by atoms with Gasteiger partial charge < -0.3 is 15.4 Å². The Hall–Kier alpha value is -3.81. The number of nitrogens with zero attached hydrogens (tertiary/aromatic N) is 2. The number of para-hydroxylation sites is 1. The number of likely N-dealkylation sites (tertiary alicyclic amines) is 1. The Morgan fingerprint density at radius 2 is 1.83 bits per heavy atom. The van der Waals surface area contributed by atoms with Crippen LogP contribution in [0, 0.1) is 5.82 Å². The number of carbonyl (C=O) groups excluding carboxylic acids is 1. The van der Waals surface area contributed by atoms with Crippen molar-refractivity contribution in [1.29, 1.82) is 0 Å². The van der Waals surface area contributed by atoms with Crippen LogP contribution in [0.4, 0.5) is 14.9 Å². The highest BCUT2D eigenvalue weighted by Gasteiger charge is 2.35. The Morgan fingerprint density at radius 1 is 1.03 bits per heavy atom. The molecule has 2 N–H and O–H groups in total. The van der Waals surface area contributed by atoms with E-state index in [4.69, 9.17) is 9.72 Å². The highest BCUT2D eigenvalue weighted by molar-refractivity contribution is 5.97. The minimum atomic E-state index is -0.316. The third-order valence-electron chi connectivity index (χ3n) is 6.62. The van der Waals surface area contributed by atoms with Crippen LogP contribution in [0.1, 0.15) is 11.5 Å². The van der Waals surface area contributed by atoms with Crippen molar-refractivity contribution in [2.45, 2.75) is 12.0 Å². The number of hydrogen-bond donors (Lipinski definition) is 2. The van der Waals surface area contributed by atoms with Gasteiger partial charge in [0.1, 0.15) is 5.82 Å². The predicted molar refractivity (Wildman–Crippen MR) is 141 cm³/mol. The van der Waals surface area contributed by atoms with Crippen LogP contribution in [0.25, 0.3) is 22.2 Å². The largest absolute Gasteiger partial charge is 0.383 e. The molecule has 1 aliphatic heterocycles. The maximum Gasteiger partial charge on any atom is 0.319 e. The lowest BCUT2D eigenvalue weighted by molar-refractivity contribution is 0.159. The molecule has 184 valence electrons. The quantitative estimate of drug-likeness (QED) is 0.375. The fourth-order valence-corrected chi connectivity index (χ4v) is 4.86. The molecule has 2 atom stereocenters. The van der Waals surface area contributed by atoms with E-state index in [0.717, 1.165) is 28.6 Å². The van der Waals surface area contributed by atoms with Crippen LogP contribution in [-0.2, 0) is 4.74 Å². The number of amides is 2. The Balaban J connectivity index is 1.40. The first-order valence-corrected chi connectivity index (χ1v) is 12.1. The van der Waals surface area contributed by atoms with E-state index < -0.39 is 0 Å². The molecule has 1 saturated heterocycles. The van der Waals surface area contributed by atoms with E-state index in [0.29, 0.717) is 31.1 Å². The van der Waals surface area contributed by atoms with E-state index in [-0.39, 0.29) is 23.8 Å². The van der Waals surface area contributed by atoms with Crippen LogP contribution in [0.2, 0.25) is 0 Å². The molecule has 0 saturated carbocycles. The first-order valence-electron chi connectivity index (χ1n) is 12.1. The van der Waals surface area contributed by atoms with Crippen LogP contribution < -0.4 is 10.6 Å². The van der Waals surface area contributed by atoms with E-state index in [9.17, 15) is 9.18 Å². The normalized spacial score (nSPS) is 17.8. The maximum atomic E-state index is 14.0. The zero-order valence-corrected chi connectivity index (χ0v) is 20.2. The van der Waals surface area contributed by atoms with E-state index in [2.05, 4.69) is 15.5 Å². The van der Waals surface area contributed by atoms with Gasteiger partial charge in [-0.2, -0.15) is 0 Å². The fraction of sp³-hybridized carbons (Fsp3) is 0.241. The summed E-state index contributed by atoms with van der Waals surface area (Å²) in [6, 6.07) is 25.7. The number of fused-ring (bicyclic) bond motifs is 1. The molecule has 3 aromatic carbocycles. The van der Waals surface area contributed by atoms with Crippen LogP contribution >= 0.6 is 0 Å². The van der Waals surface area contributed by atoms with Gasteiger partial charge in [0.05, 0.1) is 29.5 Å². The number of anilines is 1. The summed E-state index contributed by atoms with van der Waals surface area (Å²) < 4.78 is 19.2. The molecule has 5 rings (SSSR count). The molecule has 4 aromatic rings. The van der Waals surface area contributed by atoms with Gasteiger partial charge in [0, 0.05) is 43.6 Å². The number of hydrogen-bond acceptors (Lipinski definition) is 4. The molecular weight excluding hydrogens is 455 g/mol. The summed E-state index contributed by atoms with van der Waals surface area (Å²) in [7, 11) is 1.67. The van der Waals surface area contributed by atoms with Gasteiger partial charge in [-0.1, -0.05) is 60.7 Å². The van der Waals surface area contributed by atoms with Crippen LogP contribution in [0.15, 0.2) is 84.9 Å². The van der Waals surface area contributed by atoms with Gasteiger partial charge in [-0.05, 0) is 29.8 Å². The molecule has 0 unspecified atom stereocenters. The van der Waals surface area contributed by atoms with Crippen LogP contribution in [0.3, 0.4) is 0 Å². The van der Waals surface area contributed by atoms with Gasteiger partial charge in [-0.15, -0.1) is 0 Å². The first-order chi connectivity index (χ1) is 17.6. The average Bonchev–Trinajstić information content (AvgIpc) is 3.29. The second kappa shape index (κ2) is 10.8. The topological polar surface area (TPSA) is 66.5 Å². The summed E-state index contributed by atoms with van der Waals surface area (Å²) in [5, 5.41) is 7.13. The summed E-state index contributed by atoms with van der Waals surface area (Å²) >= 11 is 0. The standard InChI is InChI=1S/C29H29FN4O2/c1-36-15-14-34-18-24(21-11-7-12-23(30)16-21)27(19-34)33-29(35)32-26-17-22-10-5-6-13-25(22)31-28(26)20-8-3-2-4-9-20/h2-13,16-17,24,27H,14-15,18-19H2,1H3,(H2,32,33,35)/t24-,27+/m0/s1. The van der Waals surface area contributed by atoms with Crippen molar-refractivity contribution in [3.63, 3.8) is 0 Å². The van der Waals surface area contributed by atoms with Crippen molar-refractivity contribution in [1.82, 2.24) is 15.2 Å². The molecule has 2 heterocycles. The number of urea groups is 1. The lowest BCUT2D eigenvalue weighted by Crippen LogP contribution is -2.42. The monoisotopic (exact) mass is 484 g/mol. The van der Waals surface area contributed by atoms with Crippen molar-refractivity contribution in [2.24, 2.45) is 0 Å². The molecule has 1 fully saturated rings. The summed E-state index contributed by atoms with van der Waals surface area (Å²) in [4.78, 5) is 20.4. The molecule has 0 aliphatic carbocycles. The molecule has 1 aromatic heterocycles. The molecule has 0 bridgehead atoms. The Kier molecular flexibility index (Phi) is 7.21. The number of pyridine rings is 1. The number of methoxy groups -OCH3 is 1. The Morgan fingerprint density at radius 3 is 2.64 bits per heavy atom. The van der Waals surface area contributed by atoms with Crippen LogP contribution in [0.5, 0.6) is 0 Å². The van der Waals surface area contributed by atoms with E-state index in [1.165, 1.54) is 6.07 Å². The minimum absolute atomic E-state index is 0.0355. The van der Waals surface area contributed by atoms with Gasteiger partial charge in [-0.25, -0.2) is 14.2 Å². The Bertz CT molecular complexity index is 1350. The molecule has 7 heteroatoms. The summed E-state index contributed by atoms with van der Waals surface area (Å²) in [5.74, 6) is -0.313. The highest BCUT2D eigenvalue weighted by atomic mass is 19.1. The first kappa shape index (κ1) is 23.9. The molecule has 0 radical (unpaired) electrons. The Labute approximate surface area is 210 Å². The SMILES string of the molecule is COCCN1C[C@@H](NC(=O)Nc2cc3ccccc3nc2-c2ccccc2)[C@H](c2cccc(F)c2)C1. The third kappa shape index (κ3) is 5.37. The molecule has 2 amide bonds. The zero-order chi connectivity index (χ0) is 24.9. The van der Waals surface area contributed by atoms with Crippen molar-refractivity contribution in [2.75, 3.05) is 38.7 Å². The smallest absolute Gasteiger partial charge is 0.319 e. The van der Waals surface area contributed by atoms with E-state index >= 15 is 0 Å². The lowest BCUT2D eigenvalue weighted by atomic mass is 9.94. The van der Waals surface area contributed by atoms with Crippen molar-refractivity contribution < 1.29 is 13.9 Å². The minimum Gasteiger partial charge on any atom is -0.383 e. The number of rotatable bonds is 7. The predicted octanol–water partition coefficient (Wildman–Crippen LogP) is 5.28. The summed E-state index contributed by atoms with van der Waals surface area (Å²) in [6.45, 7) is 2.71. The molecule has 1 aliphatic rings. The third-order valence-corrected chi connectivity index (χ3v) is 6.62. The number of benzene rings is 3. The van der Waals surface area contributed by atoms with Crippen molar-refractivity contribution in [3.8, 4) is 11.3 Å². The maximum absolute atomic E-state index is 14.0. The number of halogens is 1. The average molecular weight is 485 g/mol. The van der Waals surface area contributed by atoms with Crippen molar-refractivity contribution in [3.05, 3.63) is 96.3 Å². The van der Waals surface area contributed by atoms with E-state index in [1.807, 2.05) is 66.7 Å². The number of aromatic nitrogens is 1. The second-order valence-corrected chi connectivity index (χ2v) is 9.06. The number of nitrogens with one attached hydrogen (secondary N) is 2. The van der Waals surface area contributed by atoms with Gasteiger partial charge in [0.2, 0.25) is 0 Å². The molecule has 0 spiro atoms. The molecule has 6 nitrogen and oxygen atoms in total. The van der Waals surface area contributed by atoms with Gasteiger partial charge in [-0.3, -0.25) is 4.90 Å². The lowest BCUT2D eigenvalue weighted by Gasteiger charge is -2.21. The molecule has 36 heavy (non-hydrogen) atoms. The fourth-order valence-electron chi connectivity index (χ4n) is 4.86. The van der Waals surface area contributed by atoms with E-state index in [1.54, 1.807) is 19.2 Å². The second-order valence-electron chi connectivity index (χ2n) is 9.06. The van der Waals surface area contributed by atoms with Crippen LogP contribution in [-0.4, -0.2) is 55.3 Å². The van der Waals surface area contributed by atoms with Crippen molar-refractivity contribution >= 4 is 22.6 Å². The van der Waals surface area contributed by atoms with Gasteiger partial charge >= 0.3 is 6.03 Å². The summed E-state index contributed by atoms with van der Waals surface area (Å²) in [5.41, 5.74) is 3.99. The number of carbonyl (C=O) groups is 1.